The highest BCUT2D eigenvalue weighted by molar-refractivity contribution is 5.75. The molecule has 1 aromatic heterocycles. The molecule has 0 radical (unpaired) electrons. The van der Waals surface area contributed by atoms with Gasteiger partial charge in [0.15, 0.2) is 0 Å². The topological polar surface area (TPSA) is 63.1 Å². The van der Waals surface area contributed by atoms with Gasteiger partial charge >= 0.3 is 5.97 Å². The van der Waals surface area contributed by atoms with Crippen molar-refractivity contribution in [3.8, 4) is 0 Å². The predicted molar refractivity (Wildman–Crippen MR) is 120 cm³/mol. The number of fused-ring (bicyclic) bond motifs is 1. The van der Waals surface area contributed by atoms with Crippen molar-refractivity contribution >= 4 is 17.0 Å². The van der Waals surface area contributed by atoms with E-state index in [1.807, 2.05) is 0 Å². The van der Waals surface area contributed by atoms with Crippen LogP contribution in [0.5, 0.6) is 0 Å². The summed E-state index contributed by atoms with van der Waals surface area (Å²) >= 11 is 0. The molecule has 0 amide bonds. The Labute approximate surface area is 176 Å². The third kappa shape index (κ3) is 8.93. The number of carbonyl (C=O) groups is 1. The van der Waals surface area contributed by atoms with Crippen LogP contribution in [0.4, 0.5) is 0 Å². The molecule has 0 atom stereocenters. The van der Waals surface area contributed by atoms with Gasteiger partial charge in [-0.15, -0.1) is 0 Å². The van der Waals surface area contributed by atoms with E-state index in [2.05, 4.69) is 32.0 Å². The normalized spacial score (nSPS) is 11.2. The van der Waals surface area contributed by atoms with E-state index in [1.165, 1.54) is 55.5 Å². The maximum atomic E-state index is 10.6. The molecule has 1 aromatic carbocycles. The lowest BCUT2D eigenvalue weighted by Crippen LogP contribution is -2.04. The summed E-state index contributed by atoms with van der Waals surface area (Å²) < 4.78 is 0. The molecule has 2 rings (SSSR count). The Morgan fingerprint density at radius 1 is 0.793 bits per heavy atom. The molecule has 160 valence electrons. The van der Waals surface area contributed by atoms with Crippen molar-refractivity contribution in [1.29, 1.82) is 0 Å². The van der Waals surface area contributed by atoms with Crippen molar-refractivity contribution < 1.29 is 9.90 Å². The lowest BCUT2D eigenvalue weighted by atomic mass is 10.0. The van der Waals surface area contributed by atoms with Crippen molar-refractivity contribution in [2.24, 2.45) is 0 Å². The van der Waals surface area contributed by atoms with Gasteiger partial charge in [0.05, 0.1) is 22.4 Å². The first-order valence-electron chi connectivity index (χ1n) is 11.6. The Bertz CT molecular complexity index is 758. The van der Waals surface area contributed by atoms with E-state index < -0.39 is 5.97 Å². The Morgan fingerprint density at radius 2 is 1.34 bits per heavy atom. The third-order valence-electron chi connectivity index (χ3n) is 5.55. The smallest absolute Gasteiger partial charge is 0.303 e. The van der Waals surface area contributed by atoms with Gasteiger partial charge in [0.25, 0.3) is 0 Å². The molecule has 4 nitrogen and oxygen atoms in total. The predicted octanol–water partition coefficient (Wildman–Crippen LogP) is 6.81. The van der Waals surface area contributed by atoms with Gasteiger partial charge in [-0.3, -0.25) is 4.79 Å². The molecule has 1 heterocycles. The van der Waals surface area contributed by atoms with E-state index in [0.29, 0.717) is 0 Å². The SMILES string of the molecule is CCCCCCCCc1nc2ccc(C)cc2nc1CCCCCCCC(=O)O. The van der Waals surface area contributed by atoms with Gasteiger partial charge in [0, 0.05) is 6.42 Å². The average molecular weight is 399 g/mol. The van der Waals surface area contributed by atoms with Gasteiger partial charge in [-0.2, -0.15) is 0 Å². The van der Waals surface area contributed by atoms with Crippen molar-refractivity contribution in [2.45, 2.75) is 104 Å². The first-order chi connectivity index (χ1) is 14.1. The zero-order valence-corrected chi connectivity index (χ0v) is 18.4. The lowest BCUT2D eigenvalue weighted by molar-refractivity contribution is -0.137. The van der Waals surface area contributed by atoms with Crippen LogP contribution in [0, 0.1) is 6.92 Å². The summed E-state index contributed by atoms with van der Waals surface area (Å²) in [7, 11) is 0. The minimum absolute atomic E-state index is 0.290. The molecule has 2 aromatic rings. The van der Waals surface area contributed by atoms with E-state index >= 15 is 0 Å². The second kappa shape index (κ2) is 13.3. The number of aryl methyl sites for hydroxylation is 3. The monoisotopic (exact) mass is 398 g/mol. The maximum absolute atomic E-state index is 10.6. The Kier molecular flexibility index (Phi) is 10.7. The number of nitrogens with zero attached hydrogens (tertiary/aromatic N) is 2. The Hall–Kier alpha value is -1.97. The van der Waals surface area contributed by atoms with Crippen LogP contribution in [-0.4, -0.2) is 21.0 Å². The third-order valence-corrected chi connectivity index (χ3v) is 5.55. The Balaban J connectivity index is 1.91. The van der Waals surface area contributed by atoms with E-state index in [0.717, 1.165) is 56.0 Å². The molecule has 0 saturated carbocycles. The van der Waals surface area contributed by atoms with Gasteiger partial charge in [0.2, 0.25) is 0 Å². The van der Waals surface area contributed by atoms with Crippen LogP contribution >= 0.6 is 0 Å². The van der Waals surface area contributed by atoms with Crippen LogP contribution in [0.2, 0.25) is 0 Å². The summed E-state index contributed by atoms with van der Waals surface area (Å²) in [6.07, 6.45) is 15.2. The van der Waals surface area contributed by atoms with Gasteiger partial charge in [-0.05, 0) is 56.7 Å². The zero-order chi connectivity index (χ0) is 20.9. The number of rotatable bonds is 15. The molecule has 1 N–H and O–H groups in total. The van der Waals surface area contributed by atoms with Gasteiger partial charge in [-0.25, -0.2) is 9.97 Å². The minimum atomic E-state index is -0.689. The summed E-state index contributed by atoms with van der Waals surface area (Å²) in [6.45, 7) is 4.35. The van der Waals surface area contributed by atoms with Crippen LogP contribution in [0.3, 0.4) is 0 Å². The fourth-order valence-electron chi connectivity index (χ4n) is 3.81. The number of unbranched alkanes of at least 4 members (excludes halogenated alkanes) is 9. The molecule has 0 aliphatic rings. The highest BCUT2D eigenvalue weighted by Gasteiger charge is 2.09. The summed E-state index contributed by atoms with van der Waals surface area (Å²) in [6, 6.07) is 6.34. The molecule has 0 fully saturated rings. The van der Waals surface area contributed by atoms with Crippen molar-refractivity contribution in [3.05, 3.63) is 35.2 Å². The fourth-order valence-corrected chi connectivity index (χ4v) is 3.81. The molecular weight excluding hydrogens is 360 g/mol. The molecule has 0 saturated heterocycles. The summed E-state index contributed by atoms with van der Waals surface area (Å²) in [5.74, 6) is -0.689. The average Bonchev–Trinajstić information content (AvgIpc) is 2.69. The van der Waals surface area contributed by atoms with Gasteiger partial charge < -0.3 is 5.11 Å². The van der Waals surface area contributed by atoms with E-state index in [-0.39, 0.29) is 6.42 Å². The number of carboxylic acid groups (broad SMARTS) is 1. The highest BCUT2D eigenvalue weighted by Crippen LogP contribution is 2.19. The summed E-state index contributed by atoms with van der Waals surface area (Å²) in [5.41, 5.74) is 5.59. The van der Waals surface area contributed by atoms with Crippen molar-refractivity contribution in [3.63, 3.8) is 0 Å². The van der Waals surface area contributed by atoms with E-state index in [1.54, 1.807) is 0 Å². The number of carboxylic acids is 1. The number of hydrogen-bond acceptors (Lipinski definition) is 3. The maximum Gasteiger partial charge on any atom is 0.303 e. The molecular formula is C25H38N2O2. The highest BCUT2D eigenvalue weighted by atomic mass is 16.4. The van der Waals surface area contributed by atoms with E-state index in [9.17, 15) is 4.79 Å². The molecule has 0 aliphatic carbocycles. The largest absolute Gasteiger partial charge is 0.481 e. The van der Waals surface area contributed by atoms with Crippen molar-refractivity contribution in [2.75, 3.05) is 0 Å². The molecule has 0 spiro atoms. The molecule has 0 unspecified atom stereocenters. The molecule has 0 bridgehead atoms. The number of benzene rings is 1. The van der Waals surface area contributed by atoms with Crippen LogP contribution in [0.25, 0.3) is 11.0 Å². The second-order valence-corrected chi connectivity index (χ2v) is 8.29. The fraction of sp³-hybridized carbons (Fsp3) is 0.640. The van der Waals surface area contributed by atoms with Crippen LogP contribution in [0.15, 0.2) is 18.2 Å². The number of hydrogen-bond donors (Lipinski definition) is 1. The minimum Gasteiger partial charge on any atom is -0.481 e. The van der Waals surface area contributed by atoms with Gasteiger partial charge in [-0.1, -0.05) is 64.4 Å². The van der Waals surface area contributed by atoms with E-state index in [4.69, 9.17) is 15.1 Å². The molecule has 0 aliphatic heterocycles. The molecule has 29 heavy (non-hydrogen) atoms. The number of aliphatic carboxylic acids is 1. The summed E-state index contributed by atoms with van der Waals surface area (Å²) in [5, 5.41) is 8.72. The van der Waals surface area contributed by atoms with Crippen LogP contribution in [-0.2, 0) is 17.6 Å². The lowest BCUT2D eigenvalue weighted by Gasteiger charge is -2.11. The zero-order valence-electron chi connectivity index (χ0n) is 18.4. The first kappa shape index (κ1) is 23.3. The second-order valence-electron chi connectivity index (χ2n) is 8.29. The quantitative estimate of drug-likeness (QED) is 0.335. The van der Waals surface area contributed by atoms with Crippen molar-refractivity contribution in [1.82, 2.24) is 9.97 Å². The van der Waals surface area contributed by atoms with Crippen LogP contribution in [0.1, 0.15) is 101 Å². The summed E-state index contributed by atoms with van der Waals surface area (Å²) in [4.78, 5) is 20.5. The van der Waals surface area contributed by atoms with Crippen LogP contribution < -0.4 is 0 Å². The first-order valence-corrected chi connectivity index (χ1v) is 11.6. The molecule has 4 heteroatoms. The van der Waals surface area contributed by atoms with Gasteiger partial charge in [0.1, 0.15) is 0 Å². The Morgan fingerprint density at radius 3 is 1.97 bits per heavy atom. The standard InChI is InChI=1S/C25H38N2O2/c1-3-4-5-6-8-11-14-21-22(15-12-9-7-10-13-16-25(28)29)27-24-19-20(2)17-18-23(24)26-21/h17-19H,3-16H2,1-2H3,(H,28,29). The number of aromatic nitrogens is 2.